The zero-order valence-corrected chi connectivity index (χ0v) is 11.8. The van der Waals surface area contributed by atoms with Crippen molar-refractivity contribution in [1.82, 2.24) is 0 Å². The normalized spacial score (nSPS) is 10.2. The third kappa shape index (κ3) is 3.80. The van der Waals surface area contributed by atoms with Crippen molar-refractivity contribution in [1.29, 1.82) is 0 Å². The molecule has 19 heavy (non-hydrogen) atoms. The highest BCUT2D eigenvalue weighted by molar-refractivity contribution is 7.80. The number of thiocarbonyl (C=S) groups is 1. The molecule has 0 spiro atoms. The van der Waals surface area contributed by atoms with E-state index in [4.69, 9.17) is 18.0 Å². The van der Waals surface area contributed by atoms with E-state index in [-0.39, 0.29) is 0 Å². The predicted octanol–water partition coefficient (Wildman–Crippen LogP) is 3.28. The van der Waals surface area contributed by atoms with Crippen molar-refractivity contribution in [2.45, 2.75) is 13.3 Å². The molecular formula is C16H18N2S. The van der Waals surface area contributed by atoms with E-state index >= 15 is 0 Å². The molecule has 3 heteroatoms. The molecule has 0 heterocycles. The molecule has 0 bridgehead atoms. The fourth-order valence-corrected chi connectivity index (χ4v) is 2.17. The Morgan fingerprint density at radius 3 is 2.58 bits per heavy atom. The van der Waals surface area contributed by atoms with E-state index in [2.05, 4.69) is 35.6 Å². The van der Waals surface area contributed by atoms with Gasteiger partial charge in [-0.25, -0.2) is 0 Å². The SMILES string of the molecule is Cc1ccc(NCCc2ccccc2)c(C(N)=S)c1. The monoisotopic (exact) mass is 270 g/mol. The van der Waals surface area contributed by atoms with Crippen LogP contribution in [-0.4, -0.2) is 11.5 Å². The molecule has 0 aliphatic carbocycles. The second-order valence-electron chi connectivity index (χ2n) is 4.58. The molecule has 2 rings (SSSR count). The minimum absolute atomic E-state index is 0.436. The van der Waals surface area contributed by atoms with E-state index in [0.29, 0.717) is 4.99 Å². The van der Waals surface area contributed by atoms with Crippen molar-refractivity contribution in [2.75, 3.05) is 11.9 Å². The van der Waals surface area contributed by atoms with Gasteiger partial charge in [0.1, 0.15) is 4.99 Å². The summed E-state index contributed by atoms with van der Waals surface area (Å²) >= 11 is 5.09. The highest BCUT2D eigenvalue weighted by Gasteiger charge is 2.04. The maximum Gasteiger partial charge on any atom is 0.106 e. The van der Waals surface area contributed by atoms with E-state index in [1.165, 1.54) is 5.56 Å². The zero-order chi connectivity index (χ0) is 13.7. The molecule has 0 aliphatic rings. The Morgan fingerprint density at radius 2 is 1.89 bits per heavy atom. The van der Waals surface area contributed by atoms with Crippen LogP contribution in [0.25, 0.3) is 0 Å². The summed E-state index contributed by atoms with van der Waals surface area (Å²) < 4.78 is 0. The Balaban J connectivity index is 2.02. The molecule has 0 saturated heterocycles. The van der Waals surface area contributed by atoms with Gasteiger partial charge in [-0.15, -0.1) is 0 Å². The maximum atomic E-state index is 5.76. The largest absolute Gasteiger partial charge is 0.389 e. The van der Waals surface area contributed by atoms with Crippen LogP contribution in [0, 0.1) is 6.92 Å². The third-order valence-corrected chi connectivity index (χ3v) is 3.23. The highest BCUT2D eigenvalue weighted by atomic mass is 32.1. The van der Waals surface area contributed by atoms with Crippen LogP contribution in [0.4, 0.5) is 5.69 Å². The molecule has 0 unspecified atom stereocenters. The summed E-state index contributed by atoms with van der Waals surface area (Å²) in [4.78, 5) is 0.436. The molecule has 0 aromatic heterocycles. The van der Waals surface area contributed by atoms with Crippen molar-refractivity contribution in [3.8, 4) is 0 Å². The van der Waals surface area contributed by atoms with Crippen LogP contribution in [0.2, 0.25) is 0 Å². The van der Waals surface area contributed by atoms with Crippen LogP contribution in [0.3, 0.4) is 0 Å². The van der Waals surface area contributed by atoms with E-state index in [0.717, 1.165) is 29.8 Å². The van der Waals surface area contributed by atoms with Crippen LogP contribution in [0.15, 0.2) is 48.5 Å². The molecular weight excluding hydrogens is 252 g/mol. The van der Waals surface area contributed by atoms with E-state index in [1.807, 2.05) is 25.1 Å². The van der Waals surface area contributed by atoms with Gasteiger partial charge in [-0.2, -0.15) is 0 Å². The van der Waals surface area contributed by atoms with Crippen molar-refractivity contribution in [3.05, 3.63) is 65.2 Å². The van der Waals surface area contributed by atoms with Crippen molar-refractivity contribution in [3.63, 3.8) is 0 Å². The summed E-state index contributed by atoms with van der Waals surface area (Å²) in [6, 6.07) is 16.5. The zero-order valence-electron chi connectivity index (χ0n) is 11.0. The summed E-state index contributed by atoms with van der Waals surface area (Å²) in [5, 5.41) is 3.40. The van der Waals surface area contributed by atoms with E-state index < -0.39 is 0 Å². The fraction of sp³-hybridized carbons (Fsp3) is 0.188. The first kappa shape index (κ1) is 13.6. The van der Waals surface area contributed by atoms with Gasteiger partial charge in [-0.1, -0.05) is 54.2 Å². The molecule has 0 fully saturated rings. The first-order chi connectivity index (χ1) is 9.16. The van der Waals surface area contributed by atoms with Gasteiger partial charge in [0.15, 0.2) is 0 Å². The Bertz CT molecular complexity index is 564. The van der Waals surface area contributed by atoms with Gasteiger partial charge < -0.3 is 11.1 Å². The molecule has 0 amide bonds. The van der Waals surface area contributed by atoms with Crippen LogP contribution >= 0.6 is 12.2 Å². The number of nitrogens with one attached hydrogen (secondary N) is 1. The predicted molar refractivity (Wildman–Crippen MR) is 85.7 cm³/mol. The molecule has 3 N–H and O–H groups in total. The Hall–Kier alpha value is -1.87. The summed E-state index contributed by atoms with van der Waals surface area (Å²) in [7, 11) is 0. The highest BCUT2D eigenvalue weighted by Crippen LogP contribution is 2.17. The van der Waals surface area contributed by atoms with Crippen LogP contribution in [0.1, 0.15) is 16.7 Å². The lowest BCUT2D eigenvalue weighted by Gasteiger charge is -2.12. The molecule has 0 atom stereocenters. The number of hydrogen-bond acceptors (Lipinski definition) is 2. The fourth-order valence-electron chi connectivity index (χ4n) is 2.00. The van der Waals surface area contributed by atoms with Gasteiger partial charge in [-0.05, 0) is 31.0 Å². The van der Waals surface area contributed by atoms with E-state index in [9.17, 15) is 0 Å². The van der Waals surface area contributed by atoms with Gasteiger partial charge in [0, 0.05) is 17.8 Å². The summed E-state index contributed by atoms with van der Waals surface area (Å²) in [6.07, 6.45) is 0.978. The topological polar surface area (TPSA) is 38.0 Å². The second-order valence-corrected chi connectivity index (χ2v) is 5.02. The molecule has 0 saturated carbocycles. The average Bonchev–Trinajstić information content (AvgIpc) is 2.41. The maximum absolute atomic E-state index is 5.76. The van der Waals surface area contributed by atoms with Crippen molar-refractivity contribution < 1.29 is 0 Å². The molecule has 98 valence electrons. The standard InChI is InChI=1S/C16H18N2S/c1-12-7-8-15(14(11-12)16(17)19)18-10-9-13-5-3-2-4-6-13/h2-8,11,18H,9-10H2,1H3,(H2,17,19). The smallest absolute Gasteiger partial charge is 0.106 e. The molecule has 0 radical (unpaired) electrons. The minimum Gasteiger partial charge on any atom is -0.389 e. The molecule has 2 aromatic rings. The molecule has 2 aromatic carbocycles. The van der Waals surface area contributed by atoms with Crippen molar-refractivity contribution >= 4 is 22.9 Å². The Labute approximate surface area is 119 Å². The minimum atomic E-state index is 0.436. The quantitative estimate of drug-likeness (QED) is 0.819. The van der Waals surface area contributed by atoms with Crippen molar-refractivity contribution in [2.24, 2.45) is 5.73 Å². The lowest BCUT2D eigenvalue weighted by Crippen LogP contribution is -2.14. The van der Waals surface area contributed by atoms with Crippen LogP contribution < -0.4 is 11.1 Å². The lowest BCUT2D eigenvalue weighted by molar-refractivity contribution is 1.02. The van der Waals surface area contributed by atoms with Crippen LogP contribution in [0.5, 0.6) is 0 Å². The Morgan fingerprint density at radius 1 is 1.16 bits per heavy atom. The second kappa shape index (κ2) is 6.34. The van der Waals surface area contributed by atoms with Gasteiger partial charge in [0.05, 0.1) is 0 Å². The van der Waals surface area contributed by atoms with E-state index in [1.54, 1.807) is 0 Å². The average molecular weight is 270 g/mol. The summed E-state index contributed by atoms with van der Waals surface area (Å²) in [6.45, 7) is 2.90. The van der Waals surface area contributed by atoms with Gasteiger partial charge in [0.25, 0.3) is 0 Å². The number of rotatable bonds is 5. The number of hydrogen-bond donors (Lipinski definition) is 2. The first-order valence-corrected chi connectivity index (χ1v) is 6.76. The summed E-state index contributed by atoms with van der Waals surface area (Å²) in [5.74, 6) is 0. The lowest BCUT2D eigenvalue weighted by atomic mass is 10.1. The number of aryl methyl sites for hydroxylation is 1. The molecule has 0 aliphatic heterocycles. The molecule has 2 nitrogen and oxygen atoms in total. The van der Waals surface area contributed by atoms with Gasteiger partial charge >= 0.3 is 0 Å². The number of nitrogens with two attached hydrogens (primary N) is 1. The number of benzene rings is 2. The first-order valence-electron chi connectivity index (χ1n) is 6.35. The Kier molecular flexibility index (Phi) is 4.53. The van der Waals surface area contributed by atoms with Gasteiger partial charge in [-0.3, -0.25) is 0 Å². The van der Waals surface area contributed by atoms with Crippen LogP contribution in [-0.2, 0) is 6.42 Å². The summed E-state index contributed by atoms with van der Waals surface area (Å²) in [5.41, 5.74) is 10.2. The third-order valence-electron chi connectivity index (χ3n) is 3.01. The number of anilines is 1. The van der Waals surface area contributed by atoms with Gasteiger partial charge in [0.2, 0.25) is 0 Å².